The van der Waals surface area contributed by atoms with Gasteiger partial charge in [-0.2, -0.15) is 4.98 Å². The van der Waals surface area contributed by atoms with Crippen LogP contribution in [0, 0.1) is 5.92 Å². The van der Waals surface area contributed by atoms with Crippen LogP contribution in [0.2, 0.25) is 5.02 Å². The molecule has 0 saturated heterocycles. The number of aromatic nitrogens is 3. The van der Waals surface area contributed by atoms with E-state index in [4.69, 9.17) is 11.6 Å². The van der Waals surface area contributed by atoms with E-state index in [9.17, 15) is 19.5 Å². The summed E-state index contributed by atoms with van der Waals surface area (Å²) in [6, 6.07) is 12.2. The molecule has 1 heterocycles. The second-order valence-electron chi connectivity index (χ2n) is 8.77. The molecule has 34 heavy (non-hydrogen) atoms. The Bertz CT molecular complexity index is 1330. The van der Waals surface area contributed by atoms with Gasteiger partial charge in [-0.15, -0.1) is 0 Å². The van der Waals surface area contributed by atoms with Gasteiger partial charge in [0, 0.05) is 10.7 Å². The Morgan fingerprint density at radius 1 is 1.09 bits per heavy atom. The average Bonchev–Trinajstić information content (AvgIpc) is 2.82. The van der Waals surface area contributed by atoms with E-state index in [0.29, 0.717) is 5.02 Å². The van der Waals surface area contributed by atoms with Crippen molar-refractivity contribution in [2.75, 3.05) is 5.32 Å². The van der Waals surface area contributed by atoms with Gasteiger partial charge in [0.1, 0.15) is 0 Å². The van der Waals surface area contributed by atoms with E-state index in [2.05, 4.69) is 16.4 Å². The minimum Gasteiger partial charge on any atom is -0.481 e. The minimum absolute atomic E-state index is 0.104. The summed E-state index contributed by atoms with van der Waals surface area (Å²) in [4.78, 5) is 42.0. The summed E-state index contributed by atoms with van der Waals surface area (Å²) in [6.07, 6.45) is 4.34. The van der Waals surface area contributed by atoms with Gasteiger partial charge in [0.2, 0.25) is 5.95 Å². The van der Waals surface area contributed by atoms with Crippen molar-refractivity contribution < 1.29 is 9.90 Å². The summed E-state index contributed by atoms with van der Waals surface area (Å²) in [7, 11) is 0. The van der Waals surface area contributed by atoms with Crippen LogP contribution < -0.4 is 16.7 Å². The van der Waals surface area contributed by atoms with Gasteiger partial charge < -0.3 is 10.4 Å². The maximum atomic E-state index is 13.5. The second kappa shape index (κ2) is 9.85. The third kappa shape index (κ3) is 4.92. The predicted octanol–water partition coefficient (Wildman–Crippen LogP) is 4.01. The standard InChI is InChI=1S/C25H27ClN4O4/c1-15(22(31)32)16(2)30-24(33)28-23(27-21-12-9-18-5-3-4-6-19(18)13-21)29(25(30)34)14-17-7-10-20(26)11-8-17/h7-13,15-16H,3-6,14H2,1-2H3,(H,31,32)(H,27,28,33)/t15-,16+/m1/s1. The Morgan fingerprint density at radius 2 is 1.76 bits per heavy atom. The van der Waals surface area contributed by atoms with Crippen molar-refractivity contribution in [2.45, 2.75) is 52.1 Å². The van der Waals surface area contributed by atoms with Gasteiger partial charge in [-0.3, -0.25) is 9.36 Å². The molecule has 0 aliphatic heterocycles. The fraction of sp³-hybridized carbons (Fsp3) is 0.360. The highest BCUT2D eigenvalue weighted by Crippen LogP contribution is 2.25. The fourth-order valence-electron chi connectivity index (χ4n) is 4.24. The number of nitrogens with one attached hydrogen (secondary N) is 1. The summed E-state index contributed by atoms with van der Waals surface area (Å²) in [6.45, 7) is 3.12. The number of hydrogen-bond donors (Lipinski definition) is 2. The van der Waals surface area contributed by atoms with Crippen LogP contribution in [0.25, 0.3) is 0 Å². The normalized spacial score (nSPS) is 14.8. The maximum absolute atomic E-state index is 13.5. The molecule has 2 atom stereocenters. The van der Waals surface area contributed by atoms with Gasteiger partial charge in [-0.05, 0) is 80.5 Å². The lowest BCUT2D eigenvalue weighted by molar-refractivity contribution is -0.142. The van der Waals surface area contributed by atoms with Crippen LogP contribution in [-0.4, -0.2) is 25.2 Å². The monoisotopic (exact) mass is 482 g/mol. The molecule has 0 bridgehead atoms. The molecule has 1 aliphatic carbocycles. The van der Waals surface area contributed by atoms with Crippen LogP contribution in [-0.2, 0) is 24.2 Å². The average molecular weight is 483 g/mol. The molecular weight excluding hydrogens is 456 g/mol. The number of rotatable bonds is 7. The molecule has 3 aromatic rings. The largest absolute Gasteiger partial charge is 0.481 e. The number of carboxylic acids is 1. The molecular formula is C25H27ClN4O4. The number of halogens is 1. The van der Waals surface area contributed by atoms with Crippen LogP contribution in [0.1, 0.15) is 49.4 Å². The molecule has 2 N–H and O–H groups in total. The molecule has 0 saturated carbocycles. The Kier molecular flexibility index (Phi) is 6.88. The number of anilines is 2. The first-order valence-electron chi connectivity index (χ1n) is 11.3. The van der Waals surface area contributed by atoms with Crippen LogP contribution in [0.4, 0.5) is 11.6 Å². The van der Waals surface area contributed by atoms with Gasteiger partial charge in [-0.25, -0.2) is 14.2 Å². The second-order valence-corrected chi connectivity index (χ2v) is 9.20. The molecule has 0 amide bonds. The van der Waals surface area contributed by atoms with Crippen molar-refractivity contribution in [3.05, 3.63) is 85.1 Å². The third-order valence-electron chi connectivity index (χ3n) is 6.48. The van der Waals surface area contributed by atoms with Crippen molar-refractivity contribution in [1.82, 2.24) is 14.1 Å². The number of carboxylic acid groups (broad SMARTS) is 1. The van der Waals surface area contributed by atoms with Crippen molar-refractivity contribution >= 4 is 29.2 Å². The van der Waals surface area contributed by atoms with Crippen molar-refractivity contribution in [3.8, 4) is 0 Å². The number of aryl methyl sites for hydroxylation is 2. The van der Waals surface area contributed by atoms with Crippen LogP contribution in [0.3, 0.4) is 0 Å². The first-order chi connectivity index (χ1) is 16.2. The zero-order valence-electron chi connectivity index (χ0n) is 19.1. The molecule has 0 radical (unpaired) electrons. The topological polar surface area (TPSA) is 106 Å². The zero-order valence-corrected chi connectivity index (χ0v) is 19.9. The van der Waals surface area contributed by atoms with E-state index < -0.39 is 29.3 Å². The molecule has 1 aliphatic rings. The number of benzene rings is 2. The maximum Gasteiger partial charge on any atom is 0.355 e. The number of hydrogen-bond acceptors (Lipinski definition) is 5. The predicted molar refractivity (Wildman–Crippen MR) is 131 cm³/mol. The van der Waals surface area contributed by atoms with Crippen LogP contribution >= 0.6 is 11.6 Å². The first kappa shape index (κ1) is 23.8. The fourth-order valence-corrected chi connectivity index (χ4v) is 4.36. The molecule has 2 aromatic carbocycles. The van der Waals surface area contributed by atoms with Crippen molar-refractivity contribution in [2.24, 2.45) is 5.92 Å². The number of fused-ring (bicyclic) bond motifs is 1. The molecule has 0 spiro atoms. The van der Waals surface area contributed by atoms with E-state index in [0.717, 1.165) is 35.1 Å². The number of carbonyl (C=O) groups is 1. The summed E-state index contributed by atoms with van der Waals surface area (Å²) < 4.78 is 2.27. The molecule has 0 fully saturated rings. The Morgan fingerprint density at radius 3 is 2.44 bits per heavy atom. The van der Waals surface area contributed by atoms with Crippen molar-refractivity contribution in [1.29, 1.82) is 0 Å². The molecule has 178 valence electrons. The Labute approximate surface area is 201 Å². The number of aliphatic carboxylic acids is 1. The molecule has 9 heteroatoms. The van der Waals surface area contributed by atoms with Gasteiger partial charge >= 0.3 is 17.3 Å². The van der Waals surface area contributed by atoms with Gasteiger partial charge in [0.25, 0.3) is 0 Å². The SMILES string of the molecule is C[C@@H](C(=O)O)[C@H](C)n1c(=O)nc(Nc2ccc3c(c2)CCCC3)n(Cc2ccc(Cl)cc2)c1=O. The Hall–Kier alpha value is -3.39. The highest BCUT2D eigenvalue weighted by atomic mass is 35.5. The lowest BCUT2D eigenvalue weighted by Crippen LogP contribution is -2.46. The Balaban J connectivity index is 1.79. The van der Waals surface area contributed by atoms with Gasteiger partial charge in [0.15, 0.2) is 0 Å². The summed E-state index contributed by atoms with van der Waals surface area (Å²) in [5, 5.41) is 13.1. The van der Waals surface area contributed by atoms with Gasteiger partial charge in [-0.1, -0.05) is 29.8 Å². The first-order valence-corrected chi connectivity index (χ1v) is 11.7. The van der Waals surface area contributed by atoms with E-state index in [1.807, 2.05) is 12.1 Å². The molecule has 1 aromatic heterocycles. The minimum atomic E-state index is -1.10. The van der Waals surface area contributed by atoms with Crippen LogP contribution in [0.5, 0.6) is 0 Å². The van der Waals surface area contributed by atoms with Crippen LogP contribution in [0.15, 0.2) is 52.1 Å². The quantitative estimate of drug-likeness (QED) is 0.527. The summed E-state index contributed by atoms with van der Waals surface area (Å²) in [5.74, 6) is -1.94. The molecule has 8 nitrogen and oxygen atoms in total. The van der Waals surface area contributed by atoms with E-state index >= 15 is 0 Å². The molecule has 4 rings (SSSR count). The van der Waals surface area contributed by atoms with Gasteiger partial charge in [0.05, 0.1) is 18.5 Å². The zero-order chi connectivity index (χ0) is 24.4. The van der Waals surface area contributed by atoms with E-state index in [1.165, 1.54) is 36.0 Å². The van der Waals surface area contributed by atoms with E-state index in [-0.39, 0.29) is 12.5 Å². The van der Waals surface area contributed by atoms with Crippen molar-refractivity contribution in [3.63, 3.8) is 0 Å². The lowest BCUT2D eigenvalue weighted by Gasteiger charge is -2.22. The molecule has 0 unspecified atom stereocenters. The highest BCUT2D eigenvalue weighted by Gasteiger charge is 2.26. The lowest BCUT2D eigenvalue weighted by atomic mass is 9.91. The highest BCUT2D eigenvalue weighted by molar-refractivity contribution is 6.30. The number of nitrogens with zero attached hydrogens (tertiary/aromatic N) is 3. The summed E-state index contributed by atoms with van der Waals surface area (Å²) in [5.41, 5.74) is 2.66. The smallest absolute Gasteiger partial charge is 0.355 e. The third-order valence-corrected chi connectivity index (χ3v) is 6.73. The summed E-state index contributed by atoms with van der Waals surface area (Å²) >= 11 is 6.00. The van der Waals surface area contributed by atoms with E-state index in [1.54, 1.807) is 24.3 Å².